The first-order valence-corrected chi connectivity index (χ1v) is 10.8. The molecule has 9 heteroatoms. The van der Waals surface area contributed by atoms with Crippen LogP contribution in [0.4, 0.5) is 13.2 Å². The fourth-order valence-corrected chi connectivity index (χ4v) is 3.96. The van der Waals surface area contributed by atoms with E-state index in [0.29, 0.717) is 16.9 Å². The molecule has 182 valence electrons. The van der Waals surface area contributed by atoms with E-state index < -0.39 is 30.4 Å². The Morgan fingerprint density at radius 2 is 1.74 bits per heavy atom. The molecule has 0 aliphatic heterocycles. The predicted molar refractivity (Wildman–Crippen MR) is 122 cm³/mol. The van der Waals surface area contributed by atoms with E-state index in [9.17, 15) is 22.8 Å². The number of rotatable bonds is 8. The SMILES string of the molecule is COC(=O)c1ccc(C(C)c2c[nH]c3ccc(C(=O)NCC(C)CC(F)(F)F)cc23)c(OC)c1. The van der Waals surface area contributed by atoms with Gasteiger partial charge >= 0.3 is 12.1 Å². The van der Waals surface area contributed by atoms with Gasteiger partial charge in [0, 0.05) is 47.1 Å². The van der Waals surface area contributed by atoms with Crippen LogP contribution in [0.2, 0.25) is 0 Å². The molecule has 1 heterocycles. The number of ether oxygens (including phenoxy) is 2. The average Bonchev–Trinajstić information content (AvgIpc) is 3.23. The Bertz CT molecular complexity index is 1190. The number of alkyl halides is 3. The standard InChI is InChI=1S/C25H27F3N2O4/c1-14(11-25(26,27)28)12-30-23(31)16-6-8-21-19(9-16)20(13-29-21)15(2)18-7-5-17(24(32)34-4)10-22(18)33-3/h5-10,13-15,29H,11-12H2,1-4H3,(H,30,31). The molecule has 0 aliphatic carbocycles. The molecule has 0 radical (unpaired) electrons. The number of esters is 1. The first-order valence-electron chi connectivity index (χ1n) is 10.8. The molecule has 0 fully saturated rings. The number of amides is 1. The predicted octanol–water partition coefficient (Wildman–Crippen LogP) is 5.43. The van der Waals surface area contributed by atoms with Crippen molar-refractivity contribution in [3.8, 4) is 5.75 Å². The highest BCUT2D eigenvalue weighted by molar-refractivity contribution is 5.99. The molecule has 6 nitrogen and oxygen atoms in total. The Morgan fingerprint density at radius 3 is 2.38 bits per heavy atom. The van der Waals surface area contributed by atoms with Crippen molar-refractivity contribution in [1.82, 2.24) is 10.3 Å². The molecule has 0 bridgehead atoms. The number of halogens is 3. The van der Waals surface area contributed by atoms with Gasteiger partial charge in [0.15, 0.2) is 0 Å². The Kier molecular flexibility index (Phi) is 7.54. The molecule has 0 saturated carbocycles. The molecule has 0 spiro atoms. The lowest BCUT2D eigenvalue weighted by Crippen LogP contribution is -2.30. The van der Waals surface area contributed by atoms with E-state index in [1.165, 1.54) is 21.1 Å². The Labute approximate surface area is 195 Å². The van der Waals surface area contributed by atoms with Gasteiger partial charge in [0.2, 0.25) is 0 Å². The van der Waals surface area contributed by atoms with Gasteiger partial charge in [-0.25, -0.2) is 4.79 Å². The van der Waals surface area contributed by atoms with Gasteiger partial charge in [0.05, 0.1) is 19.8 Å². The molecular formula is C25H27F3N2O4. The summed E-state index contributed by atoms with van der Waals surface area (Å²) in [5.74, 6) is -1.26. The van der Waals surface area contributed by atoms with Crippen LogP contribution in [0.3, 0.4) is 0 Å². The molecule has 2 aromatic carbocycles. The summed E-state index contributed by atoms with van der Waals surface area (Å²) >= 11 is 0. The van der Waals surface area contributed by atoms with Gasteiger partial charge in [0.1, 0.15) is 5.75 Å². The summed E-state index contributed by atoms with van der Waals surface area (Å²) in [6.45, 7) is 3.35. The maximum atomic E-state index is 12.6. The Morgan fingerprint density at radius 1 is 1.03 bits per heavy atom. The highest BCUT2D eigenvalue weighted by atomic mass is 19.4. The van der Waals surface area contributed by atoms with Crippen LogP contribution in [0.25, 0.3) is 10.9 Å². The third kappa shape index (κ3) is 5.70. The zero-order valence-electron chi connectivity index (χ0n) is 19.4. The summed E-state index contributed by atoms with van der Waals surface area (Å²) in [6, 6.07) is 10.2. The number of fused-ring (bicyclic) bond motifs is 1. The zero-order valence-corrected chi connectivity index (χ0v) is 19.4. The second-order valence-corrected chi connectivity index (χ2v) is 8.31. The van der Waals surface area contributed by atoms with Crippen molar-refractivity contribution >= 4 is 22.8 Å². The summed E-state index contributed by atoms with van der Waals surface area (Å²) in [6.07, 6.45) is -3.38. The number of methoxy groups -OCH3 is 2. The summed E-state index contributed by atoms with van der Waals surface area (Å²) in [5.41, 5.74) is 3.28. The van der Waals surface area contributed by atoms with Crippen molar-refractivity contribution in [2.45, 2.75) is 32.4 Å². The van der Waals surface area contributed by atoms with Gasteiger partial charge in [-0.2, -0.15) is 13.2 Å². The molecule has 34 heavy (non-hydrogen) atoms. The fourth-order valence-electron chi connectivity index (χ4n) is 3.96. The van der Waals surface area contributed by atoms with Crippen molar-refractivity contribution < 1.29 is 32.2 Å². The van der Waals surface area contributed by atoms with Crippen molar-refractivity contribution in [3.05, 3.63) is 64.8 Å². The molecule has 0 aliphatic rings. The zero-order chi connectivity index (χ0) is 25.0. The van der Waals surface area contributed by atoms with Crippen LogP contribution in [-0.4, -0.2) is 43.8 Å². The summed E-state index contributed by atoms with van der Waals surface area (Å²) in [7, 11) is 2.83. The topological polar surface area (TPSA) is 80.4 Å². The van der Waals surface area contributed by atoms with Crippen LogP contribution in [-0.2, 0) is 4.74 Å². The minimum Gasteiger partial charge on any atom is -0.496 e. The molecule has 2 atom stereocenters. The molecule has 3 rings (SSSR count). The quantitative estimate of drug-likeness (QED) is 0.425. The lowest BCUT2D eigenvalue weighted by atomic mass is 9.91. The van der Waals surface area contributed by atoms with Gasteiger partial charge in [-0.15, -0.1) is 0 Å². The smallest absolute Gasteiger partial charge is 0.389 e. The van der Waals surface area contributed by atoms with Crippen molar-refractivity contribution in [2.24, 2.45) is 5.92 Å². The number of benzene rings is 2. The number of hydrogen-bond donors (Lipinski definition) is 2. The number of H-pyrrole nitrogens is 1. The number of aromatic amines is 1. The van der Waals surface area contributed by atoms with Crippen molar-refractivity contribution in [1.29, 1.82) is 0 Å². The largest absolute Gasteiger partial charge is 0.496 e. The van der Waals surface area contributed by atoms with E-state index in [2.05, 4.69) is 10.3 Å². The van der Waals surface area contributed by atoms with Gasteiger partial charge < -0.3 is 19.8 Å². The molecule has 2 unspecified atom stereocenters. The maximum Gasteiger partial charge on any atom is 0.389 e. The molecule has 2 N–H and O–H groups in total. The van der Waals surface area contributed by atoms with Crippen LogP contribution >= 0.6 is 0 Å². The molecule has 1 amide bonds. The van der Waals surface area contributed by atoms with Crippen molar-refractivity contribution in [3.63, 3.8) is 0 Å². The third-order valence-corrected chi connectivity index (χ3v) is 5.75. The monoisotopic (exact) mass is 476 g/mol. The van der Waals surface area contributed by atoms with Gasteiger partial charge in [-0.1, -0.05) is 19.9 Å². The summed E-state index contributed by atoms with van der Waals surface area (Å²) in [4.78, 5) is 27.6. The van der Waals surface area contributed by atoms with E-state index in [0.717, 1.165) is 22.0 Å². The van der Waals surface area contributed by atoms with Gasteiger partial charge in [-0.3, -0.25) is 4.79 Å². The second kappa shape index (κ2) is 10.2. The van der Waals surface area contributed by atoms with Crippen LogP contribution < -0.4 is 10.1 Å². The first kappa shape index (κ1) is 25.1. The number of nitrogens with one attached hydrogen (secondary N) is 2. The van der Waals surface area contributed by atoms with Crippen molar-refractivity contribution in [2.75, 3.05) is 20.8 Å². The van der Waals surface area contributed by atoms with Crippen LogP contribution in [0.15, 0.2) is 42.6 Å². The normalized spacial score (nSPS) is 13.4. The number of hydrogen-bond acceptors (Lipinski definition) is 4. The van der Waals surface area contributed by atoms with Crippen LogP contribution in [0, 0.1) is 5.92 Å². The first-order chi connectivity index (χ1) is 16.0. The van der Waals surface area contributed by atoms with E-state index >= 15 is 0 Å². The second-order valence-electron chi connectivity index (χ2n) is 8.31. The van der Waals surface area contributed by atoms with E-state index in [1.807, 2.05) is 13.1 Å². The Balaban J connectivity index is 1.85. The van der Waals surface area contributed by atoms with E-state index in [1.54, 1.807) is 36.4 Å². The Hall–Kier alpha value is -3.49. The number of aromatic nitrogens is 1. The minimum atomic E-state index is -4.27. The number of carbonyl (C=O) groups is 2. The third-order valence-electron chi connectivity index (χ3n) is 5.75. The fraction of sp³-hybridized carbons (Fsp3) is 0.360. The molecular weight excluding hydrogens is 449 g/mol. The molecule has 0 saturated heterocycles. The summed E-state index contributed by atoms with van der Waals surface area (Å²) in [5, 5.41) is 3.39. The van der Waals surface area contributed by atoms with E-state index in [4.69, 9.17) is 9.47 Å². The van der Waals surface area contributed by atoms with Gasteiger partial charge in [0.25, 0.3) is 5.91 Å². The number of carbonyl (C=O) groups excluding carboxylic acids is 2. The minimum absolute atomic E-state index is 0.0729. The molecule has 3 aromatic rings. The highest BCUT2D eigenvalue weighted by Crippen LogP contribution is 2.36. The van der Waals surface area contributed by atoms with Crippen LogP contribution in [0.5, 0.6) is 5.75 Å². The summed E-state index contributed by atoms with van der Waals surface area (Å²) < 4.78 is 47.9. The van der Waals surface area contributed by atoms with Gasteiger partial charge in [-0.05, 0) is 41.8 Å². The lowest BCUT2D eigenvalue weighted by molar-refractivity contribution is -0.142. The molecule has 1 aromatic heterocycles. The maximum absolute atomic E-state index is 12.6. The van der Waals surface area contributed by atoms with E-state index in [-0.39, 0.29) is 12.5 Å². The lowest BCUT2D eigenvalue weighted by Gasteiger charge is -2.17. The van der Waals surface area contributed by atoms with Crippen LogP contribution in [0.1, 0.15) is 58.0 Å². The highest BCUT2D eigenvalue weighted by Gasteiger charge is 2.30. The average molecular weight is 476 g/mol.